The van der Waals surface area contributed by atoms with Crippen LogP contribution in [-0.4, -0.2) is 25.6 Å². The molecule has 0 saturated carbocycles. The Morgan fingerprint density at radius 3 is 3.09 bits per heavy atom. The van der Waals surface area contributed by atoms with Crippen molar-refractivity contribution >= 4 is 17.4 Å². The lowest BCUT2D eigenvalue weighted by molar-refractivity contribution is -0.121. The molecule has 0 bridgehead atoms. The lowest BCUT2D eigenvalue weighted by Crippen LogP contribution is -2.22. The Hall–Kier alpha value is -2.55. The first-order chi connectivity index (χ1) is 10.7. The van der Waals surface area contributed by atoms with Gasteiger partial charge in [0.15, 0.2) is 5.76 Å². The summed E-state index contributed by atoms with van der Waals surface area (Å²) >= 11 is 1.28. The molecule has 3 aromatic heterocycles. The van der Waals surface area contributed by atoms with Gasteiger partial charge in [0.1, 0.15) is 0 Å². The summed E-state index contributed by atoms with van der Waals surface area (Å²) in [7, 11) is 0. The summed E-state index contributed by atoms with van der Waals surface area (Å²) in [5.41, 5.74) is 0.838. The normalized spacial score (nSPS) is 10.8. The van der Waals surface area contributed by atoms with E-state index in [2.05, 4.69) is 25.0 Å². The first-order valence-corrected chi connectivity index (χ1v) is 7.40. The highest BCUT2D eigenvalue weighted by Gasteiger charge is 2.12. The Kier molecular flexibility index (Phi) is 4.24. The van der Waals surface area contributed by atoms with Crippen LogP contribution in [0.2, 0.25) is 0 Å². The number of hydrogen-bond donors (Lipinski definition) is 1. The van der Waals surface area contributed by atoms with Crippen molar-refractivity contribution in [1.29, 1.82) is 0 Å². The molecule has 1 amide bonds. The predicted octanol–water partition coefficient (Wildman–Crippen LogP) is 1.74. The topological polar surface area (TPSA) is 107 Å². The van der Waals surface area contributed by atoms with E-state index in [0.29, 0.717) is 30.4 Å². The smallest absolute Gasteiger partial charge is 0.238 e. The third kappa shape index (κ3) is 3.37. The summed E-state index contributed by atoms with van der Waals surface area (Å²) in [5, 5.41) is 10.5. The number of carbonyl (C=O) groups is 1. The van der Waals surface area contributed by atoms with E-state index in [0.717, 1.165) is 10.6 Å². The zero-order chi connectivity index (χ0) is 15.4. The first-order valence-electron chi connectivity index (χ1n) is 6.63. The molecule has 3 rings (SSSR count). The lowest BCUT2D eigenvalue weighted by Gasteiger charge is -2.01. The van der Waals surface area contributed by atoms with Crippen LogP contribution >= 0.6 is 11.5 Å². The summed E-state index contributed by atoms with van der Waals surface area (Å²) in [6, 6.07) is 3.49. The molecule has 0 aliphatic rings. The van der Waals surface area contributed by atoms with E-state index in [-0.39, 0.29) is 12.3 Å². The second kappa shape index (κ2) is 6.48. The van der Waals surface area contributed by atoms with Gasteiger partial charge in [-0.1, -0.05) is 9.64 Å². The Bertz CT molecular complexity index is 749. The third-order valence-corrected chi connectivity index (χ3v) is 3.79. The van der Waals surface area contributed by atoms with Crippen LogP contribution in [0.5, 0.6) is 0 Å². The number of rotatable bonds is 6. The summed E-state index contributed by atoms with van der Waals surface area (Å²) in [6.07, 6.45) is 2.18. The van der Waals surface area contributed by atoms with E-state index in [1.54, 1.807) is 12.1 Å². The maximum absolute atomic E-state index is 11.8. The van der Waals surface area contributed by atoms with Gasteiger partial charge in [-0.05, 0) is 30.6 Å². The average Bonchev–Trinajstić information content (AvgIpc) is 3.24. The summed E-state index contributed by atoms with van der Waals surface area (Å²) in [4.78, 5) is 16.9. The monoisotopic (exact) mass is 319 g/mol. The standard InChI is InChI=1S/C13H13N5O3S/c1-8-10(22-18-16-8)7-14-11(19)4-5-12-15-13(17-21-12)9-3-2-6-20-9/h2-3,6H,4-5,7H2,1H3,(H,14,19). The van der Waals surface area contributed by atoms with E-state index in [9.17, 15) is 4.79 Å². The Balaban J connectivity index is 1.48. The van der Waals surface area contributed by atoms with Crippen LogP contribution in [0.1, 0.15) is 22.9 Å². The molecule has 22 heavy (non-hydrogen) atoms. The zero-order valence-corrected chi connectivity index (χ0v) is 12.6. The molecule has 8 nitrogen and oxygen atoms in total. The zero-order valence-electron chi connectivity index (χ0n) is 11.8. The molecule has 0 fully saturated rings. The molecule has 0 aromatic carbocycles. The second-order valence-electron chi connectivity index (χ2n) is 4.55. The molecular formula is C13H13N5O3S. The van der Waals surface area contributed by atoms with E-state index in [1.807, 2.05) is 6.92 Å². The number of nitrogens with one attached hydrogen (secondary N) is 1. The van der Waals surface area contributed by atoms with Crippen molar-refractivity contribution in [3.63, 3.8) is 0 Å². The van der Waals surface area contributed by atoms with Crippen LogP contribution in [0.4, 0.5) is 0 Å². The highest BCUT2D eigenvalue weighted by molar-refractivity contribution is 7.05. The van der Waals surface area contributed by atoms with Crippen molar-refractivity contribution in [2.45, 2.75) is 26.3 Å². The van der Waals surface area contributed by atoms with Crippen LogP contribution in [0, 0.1) is 6.92 Å². The average molecular weight is 319 g/mol. The molecule has 0 aliphatic heterocycles. The molecule has 114 valence electrons. The molecule has 0 radical (unpaired) electrons. The van der Waals surface area contributed by atoms with Crippen LogP contribution in [0.3, 0.4) is 0 Å². The van der Waals surface area contributed by atoms with Crippen LogP contribution in [0.25, 0.3) is 11.6 Å². The molecule has 0 atom stereocenters. The Morgan fingerprint density at radius 1 is 1.45 bits per heavy atom. The van der Waals surface area contributed by atoms with Crippen molar-refractivity contribution in [3.05, 3.63) is 34.9 Å². The number of amides is 1. The fourth-order valence-electron chi connectivity index (χ4n) is 1.76. The van der Waals surface area contributed by atoms with Crippen molar-refractivity contribution in [1.82, 2.24) is 25.0 Å². The number of carbonyl (C=O) groups excluding carboxylic acids is 1. The lowest BCUT2D eigenvalue weighted by atomic mass is 10.3. The van der Waals surface area contributed by atoms with Gasteiger partial charge in [-0.3, -0.25) is 4.79 Å². The van der Waals surface area contributed by atoms with Gasteiger partial charge < -0.3 is 14.3 Å². The number of aromatic nitrogens is 4. The van der Waals surface area contributed by atoms with Crippen LogP contribution in [0.15, 0.2) is 27.3 Å². The number of furan rings is 1. The number of aryl methyl sites for hydroxylation is 2. The molecule has 0 unspecified atom stereocenters. The minimum absolute atomic E-state index is 0.0921. The molecule has 3 aromatic rings. The van der Waals surface area contributed by atoms with Gasteiger partial charge in [-0.2, -0.15) is 4.98 Å². The third-order valence-electron chi connectivity index (χ3n) is 2.97. The van der Waals surface area contributed by atoms with Gasteiger partial charge in [-0.25, -0.2) is 0 Å². The molecular weight excluding hydrogens is 306 g/mol. The van der Waals surface area contributed by atoms with Gasteiger partial charge in [-0.15, -0.1) is 5.10 Å². The highest BCUT2D eigenvalue weighted by atomic mass is 32.1. The van der Waals surface area contributed by atoms with Crippen molar-refractivity contribution < 1.29 is 13.7 Å². The quantitative estimate of drug-likeness (QED) is 0.737. The van der Waals surface area contributed by atoms with E-state index in [1.165, 1.54) is 17.8 Å². The second-order valence-corrected chi connectivity index (χ2v) is 5.39. The van der Waals surface area contributed by atoms with Crippen molar-refractivity contribution in [2.24, 2.45) is 0 Å². The van der Waals surface area contributed by atoms with E-state index < -0.39 is 0 Å². The van der Waals surface area contributed by atoms with Crippen molar-refractivity contribution in [2.75, 3.05) is 0 Å². The SMILES string of the molecule is Cc1nnsc1CNC(=O)CCc1nc(-c2ccco2)no1. The largest absolute Gasteiger partial charge is 0.461 e. The minimum Gasteiger partial charge on any atom is -0.461 e. The van der Waals surface area contributed by atoms with E-state index in [4.69, 9.17) is 8.94 Å². The van der Waals surface area contributed by atoms with Gasteiger partial charge in [0, 0.05) is 12.8 Å². The summed E-state index contributed by atoms with van der Waals surface area (Å²) < 4.78 is 14.1. The fraction of sp³-hybridized carbons (Fsp3) is 0.308. The maximum Gasteiger partial charge on any atom is 0.238 e. The highest BCUT2D eigenvalue weighted by Crippen LogP contribution is 2.16. The predicted molar refractivity (Wildman–Crippen MR) is 76.8 cm³/mol. The van der Waals surface area contributed by atoms with E-state index >= 15 is 0 Å². The summed E-state index contributed by atoms with van der Waals surface area (Å²) in [6.45, 7) is 2.30. The first kappa shape index (κ1) is 14.4. The van der Waals surface area contributed by atoms with Gasteiger partial charge in [0.2, 0.25) is 17.6 Å². The molecule has 0 saturated heterocycles. The molecule has 1 N–H and O–H groups in total. The van der Waals surface area contributed by atoms with Gasteiger partial charge >= 0.3 is 0 Å². The molecule has 0 spiro atoms. The Labute approximate surface area is 129 Å². The number of hydrogen-bond acceptors (Lipinski definition) is 8. The van der Waals surface area contributed by atoms with Crippen molar-refractivity contribution in [3.8, 4) is 11.6 Å². The van der Waals surface area contributed by atoms with Crippen LogP contribution < -0.4 is 5.32 Å². The summed E-state index contributed by atoms with van der Waals surface area (Å²) in [5.74, 6) is 1.22. The van der Waals surface area contributed by atoms with Gasteiger partial charge in [0.25, 0.3) is 0 Å². The molecule has 0 aliphatic carbocycles. The van der Waals surface area contributed by atoms with Crippen LogP contribution in [-0.2, 0) is 17.8 Å². The molecule has 9 heteroatoms. The van der Waals surface area contributed by atoms with Gasteiger partial charge in [0.05, 0.1) is 23.4 Å². The minimum atomic E-state index is -0.0921. The maximum atomic E-state index is 11.8. The fourth-order valence-corrected chi connectivity index (χ4v) is 2.33. The Morgan fingerprint density at radius 2 is 2.36 bits per heavy atom. The number of nitrogens with zero attached hydrogens (tertiary/aromatic N) is 4. The molecule has 3 heterocycles.